The lowest BCUT2D eigenvalue weighted by Gasteiger charge is -2.31. The minimum atomic E-state index is -5.07. The largest absolute Gasteiger partial charge is 0.479 e. The molecule has 0 spiro atoms. The molecule has 73 heavy (non-hydrogen) atoms. The molecule has 0 aliphatic carbocycles. The molecule has 0 bridgehead atoms. The van der Waals surface area contributed by atoms with Crippen molar-refractivity contribution in [3.05, 3.63) is 193 Å². The Bertz CT molecular complexity index is 3610. The predicted molar refractivity (Wildman–Crippen MR) is 263 cm³/mol. The van der Waals surface area contributed by atoms with E-state index in [0.29, 0.717) is 38.7 Å². The SMILES string of the molecule is C=CCBr.C=CCn1cc(C(O)(c2ccc3c(cnn3-c3ccc(F)cc3)c2)C(F)(F)F)c2ccnc(OC)c21.COc1nccc2c(C(O)(c3ccc4c(cnn4-c4ccc(F)cc4)c3)C(F)(F)F)c[nH]c12. The third-order valence-electron chi connectivity index (χ3n) is 11.9. The third-order valence-corrected chi connectivity index (χ3v) is 12.3. The van der Waals surface area contributed by atoms with Gasteiger partial charge in [0.2, 0.25) is 23.0 Å². The number of methoxy groups -OCH3 is 2. The number of aromatic amines is 1. The second kappa shape index (κ2) is 20.3. The smallest absolute Gasteiger partial charge is 0.425 e. The number of nitrogens with one attached hydrogen (secondary N) is 1. The Morgan fingerprint density at radius 2 is 1.11 bits per heavy atom. The molecule has 2 unspecified atom stereocenters. The maximum atomic E-state index is 14.7. The summed E-state index contributed by atoms with van der Waals surface area (Å²) in [5.74, 6) is -0.603. The van der Waals surface area contributed by atoms with Gasteiger partial charge in [0, 0.05) is 69.3 Å². The number of pyridine rings is 2. The molecule has 0 fully saturated rings. The van der Waals surface area contributed by atoms with Crippen LogP contribution in [0.15, 0.2) is 160 Å². The molecule has 0 aliphatic heterocycles. The molecule has 10 aromatic rings. The first-order valence-electron chi connectivity index (χ1n) is 21.7. The molecule has 0 amide bonds. The van der Waals surface area contributed by atoms with E-state index in [1.807, 2.05) is 0 Å². The highest BCUT2D eigenvalue weighted by atomic mass is 79.9. The van der Waals surface area contributed by atoms with Crippen LogP contribution < -0.4 is 9.47 Å². The van der Waals surface area contributed by atoms with Gasteiger partial charge in [-0.3, -0.25) is 0 Å². The highest BCUT2D eigenvalue weighted by molar-refractivity contribution is 9.09. The summed E-state index contributed by atoms with van der Waals surface area (Å²) < 4.78 is 129. The van der Waals surface area contributed by atoms with Crippen LogP contribution in [-0.4, -0.2) is 81.2 Å². The van der Waals surface area contributed by atoms with Crippen LogP contribution >= 0.6 is 15.9 Å². The molecule has 3 N–H and O–H groups in total. The Labute approximate surface area is 418 Å². The van der Waals surface area contributed by atoms with Crippen LogP contribution in [0.4, 0.5) is 35.1 Å². The van der Waals surface area contributed by atoms with Gasteiger partial charge < -0.3 is 29.2 Å². The van der Waals surface area contributed by atoms with Gasteiger partial charge in [-0.15, -0.1) is 13.2 Å². The predicted octanol–water partition coefficient (Wildman–Crippen LogP) is 11.9. The zero-order chi connectivity index (χ0) is 52.5. The van der Waals surface area contributed by atoms with E-state index >= 15 is 0 Å². The van der Waals surface area contributed by atoms with Crippen LogP contribution in [0.2, 0.25) is 0 Å². The molecule has 376 valence electrons. The topological polar surface area (TPSA) is 141 Å². The summed E-state index contributed by atoms with van der Waals surface area (Å²) in [4.78, 5) is 10.8. The van der Waals surface area contributed by atoms with Gasteiger partial charge in [-0.05, 0) is 96.1 Å². The van der Waals surface area contributed by atoms with E-state index in [2.05, 4.69) is 54.2 Å². The normalized spacial score (nSPS) is 13.4. The lowest BCUT2D eigenvalue weighted by atomic mass is 9.85. The van der Waals surface area contributed by atoms with E-state index in [1.165, 1.54) is 162 Å². The molecule has 6 heterocycles. The Balaban J connectivity index is 0.000000182. The number of allylic oxidation sites excluding steroid dienone is 2. The highest BCUT2D eigenvalue weighted by Crippen LogP contribution is 2.50. The Kier molecular flexibility index (Phi) is 14.3. The number of hydrogen-bond acceptors (Lipinski definition) is 8. The lowest BCUT2D eigenvalue weighted by Crippen LogP contribution is -2.43. The van der Waals surface area contributed by atoms with Gasteiger partial charge >= 0.3 is 12.4 Å². The Morgan fingerprint density at radius 3 is 1.56 bits per heavy atom. The summed E-state index contributed by atoms with van der Waals surface area (Å²) in [6, 6.07) is 21.7. The number of nitrogens with zero attached hydrogens (tertiary/aromatic N) is 7. The summed E-state index contributed by atoms with van der Waals surface area (Å²) in [6.45, 7) is 7.27. The summed E-state index contributed by atoms with van der Waals surface area (Å²) in [5.41, 5.74) is -5.54. The average molecular weight is 1070 g/mol. The maximum absolute atomic E-state index is 14.7. The van der Waals surface area contributed by atoms with Crippen LogP contribution in [0.25, 0.3) is 55.0 Å². The molecule has 21 heteroatoms. The van der Waals surface area contributed by atoms with Crippen molar-refractivity contribution < 1.29 is 54.8 Å². The van der Waals surface area contributed by atoms with Gasteiger partial charge in [-0.25, -0.2) is 28.1 Å². The monoisotopic (exact) mass is 1070 g/mol. The standard InChI is InChI=1S/C26H20F4N4O2.C23H16F4N4O2.C3H5Br/c1-3-12-33-15-21(20-10-11-31-24(36-2)23(20)33)25(35,26(28,29)30)17-4-9-22-16(13-17)14-32-34(22)19-7-5-18(27)6-8-19;1-33-21-20-17(8-9-28-21)18(12-29-20)22(32,23(25,26)27)14-2-7-19-13(10-14)11-30-31(19)16-5-3-15(24)4-6-16;1-2-3-4/h3-11,13-15,35H,1,12H2,2H3;2-12,29,32H,1H3;2H,1,3H2. The number of hydrogen-bond donors (Lipinski definition) is 3. The zero-order valence-electron chi connectivity index (χ0n) is 38.4. The van der Waals surface area contributed by atoms with Crippen LogP contribution in [0, 0.1) is 11.6 Å². The molecule has 2 atom stereocenters. The van der Waals surface area contributed by atoms with E-state index in [0.717, 1.165) is 11.5 Å². The first kappa shape index (κ1) is 51.5. The lowest BCUT2D eigenvalue weighted by molar-refractivity contribution is -0.248. The Hall–Kier alpha value is -7.88. The molecule has 6 aromatic heterocycles. The third kappa shape index (κ3) is 9.30. The number of aliphatic hydroxyl groups is 2. The molecule has 0 saturated heterocycles. The number of alkyl halides is 7. The molecule has 12 nitrogen and oxygen atoms in total. The highest BCUT2D eigenvalue weighted by Gasteiger charge is 2.59. The molecule has 0 saturated carbocycles. The number of H-pyrrole nitrogens is 1. The van der Waals surface area contributed by atoms with Crippen molar-refractivity contribution in [1.82, 2.24) is 39.1 Å². The van der Waals surface area contributed by atoms with Crippen molar-refractivity contribution in [3.8, 4) is 23.1 Å². The van der Waals surface area contributed by atoms with Gasteiger partial charge in [0.05, 0.1) is 49.0 Å². The van der Waals surface area contributed by atoms with Crippen LogP contribution in [0.3, 0.4) is 0 Å². The number of rotatable bonds is 11. The van der Waals surface area contributed by atoms with Crippen LogP contribution in [0.5, 0.6) is 11.8 Å². The van der Waals surface area contributed by atoms with Crippen LogP contribution in [0.1, 0.15) is 22.3 Å². The van der Waals surface area contributed by atoms with Gasteiger partial charge in [0.1, 0.15) is 22.7 Å². The molecule has 0 aliphatic rings. The average Bonchev–Trinajstić information content (AvgIpc) is 4.20. The quantitative estimate of drug-likeness (QED) is 0.0661. The van der Waals surface area contributed by atoms with E-state index in [4.69, 9.17) is 9.47 Å². The molecule has 10 rings (SSSR count). The zero-order valence-corrected chi connectivity index (χ0v) is 40.0. The summed E-state index contributed by atoms with van der Waals surface area (Å²) in [5, 5.41) is 33.0. The molecular formula is C52H41BrF8N8O4. The van der Waals surface area contributed by atoms with Gasteiger partial charge in [0.15, 0.2) is 0 Å². The first-order valence-corrected chi connectivity index (χ1v) is 22.8. The fourth-order valence-corrected chi connectivity index (χ4v) is 8.46. The Morgan fingerprint density at radius 1 is 0.644 bits per heavy atom. The van der Waals surface area contributed by atoms with Crippen molar-refractivity contribution in [2.45, 2.75) is 30.1 Å². The van der Waals surface area contributed by atoms with Crippen molar-refractivity contribution in [1.29, 1.82) is 0 Å². The van der Waals surface area contributed by atoms with E-state index in [1.54, 1.807) is 6.08 Å². The number of ether oxygens (including phenoxy) is 2. The van der Waals surface area contributed by atoms with E-state index < -0.39 is 35.2 Å². The summed E-state index contributed by atoms with van der Waals surface area (Å²) in [6.07, 6.45) is 0.981. The first-order chi connectivity index (χ1) is 34.8. The van der Waals surface area contributed by atoms with Crippen molar-refractivity contribution in [2.24, 2.45) is 0 Å². The number of benzene rings is 4. The van der Waals surface area contributed by atoms with Crippen molar-refractivity contribution in [2.75, 3.05) is 19.5 Å². The maximum Gasteiger partial charge on any atom is 0.425 e. The number of fused-ring (bicyclic) bond motifs is 4. The van der Waals surface area contributed by atoms with Gasteiger partial charge in [0.25, 0.3) is 0 Å². The molecule has 4 aromatic carbocycles. The number of halogens is 9. The second-order valence-corrected chi connectivity index (χ2v) is 16.8. The summed E-state index contributed by atoms with van der Waals surface area (Å²) in [7, 11) is 2.72. The van der Waals surface area contributed by atoms with Gasteiger partial charge in [-0.2, -0.15) is 36.5 Å². The van der Waals surface area contributed by atoms with Gasteiger partial charge in [-0.1, -0.05) is 40.2 Å². The van der Waals surface area contributed by atoms with Crippen molar-refractivity contribution >= 4 is 59.5 Å². The second-order valence-electron chi connectivity index (χ2n) is 16.1. The fourth-order valence-electron chi connectivity index (χ4n) is 8.46. The fraction of sp³-hybridized carbons (Fsp3) is 0.154. The molecule has 0 radical (unpaired) electrons. The van der Waals surface area contributed by atoms with E-state index in [9.17, 15) is 45.3 Å². The van der Waals surface area contributed by atoms with Crippen LogP contribution in [-0.2, 0) is 17.7 Å². The molecular weight excluding hydrogens is 1030 g/mol. The van der Waals surface area contributed by atoms with E-state index in [-0.39, 0.29) is 56.8 Å². The summed E-state index contributed by atoms with van der Waals surface area (Å²) >= 11 is 3.13. The number of aromatic nitrogens is 8. The minimum absolute atomic E-state index is 0.110. The minimum Gasteiger partial charge on any atom is -0.479 e. The van der Waals surface area contributed by atoms with Crippen molar-refractivity contribution in [3.63, 3.8) is 0 Å².